The molecule has 19 heavy (non-hydrogen) atoms. The van der Waals surface area contributed by atoms with E-state index in [2.05, 4.69) is 14.7 Å². The molecule has 1 aliphatic rings. The van der Waals surface area contributed by atoms with Gasteiger partial charge in [0, 0.05) is 6.04 Å². The summed E-state index contributed by atoms with van der Waals surface area (Å²) in [7, 11) is -3.62. The maximum atomic E-state index is 12.2. The first-order valence-electron chi connectivity index (χ1n) is 5.92. The fourth-order valence-electron chi connectivity index (χ4n) is 2.40. The quantitative estimate of drug-likeness (QED) is 0.752. The number of benzene rings is 1. The number of aromatic amines is 1. The number of rotatable bonds is 3. The number of nitrogens with zero attached hydrogens (tertiary/aromatic N) is 1. The third kappa shape index (κ3) is 2.16. The summed E-state index contributed by atoms with van der Waals surface area (Å²) < 4.78 is 27.0. The van der Waals surface area contributed by atoms with Crippen molar-refractivity contribution in [1.82, 2.24) is 14.7 Å². The predicted octanol–water partition coefficient (Wildman–Crippen LogP) is 0.313. The summed E-state index contributed by atoms with van der Waals surface area (Å²) in [4.78, 5) is 6.31. The van der Waals surface area contributed by atoms with Crippen LogP contribution in [0.3, 0.4) is 0 Å². The average molecular weight is 278 g/mol. The van der Waals surface area contributed by atoms with Crippen molar-refractivity contribution in [3.8, 4) is 0 Å². The first kappa shape index (κ1) is 12.3. The van der Waals surface area contributed by atoms with Crippen LogP contribution in [0, 0.1) is 0 Å². The van der Waals surface area contributed by atoms with Crippen molar-refractivity contribution < 1.29 is 8.42 Å². The van der Waals surface area contributed by atoms with Gasteiger partial charge in [0.1, 0.15) is 0 Å². The van der Waals surface area contributed by atoms with E-state index in [9.17, 15) is 8.42 Å². The van der Waals surface area contributed by atoms with Crippen molar-refractivity contribution in [3.05, 3.63) is 47.9 Å². The van der Waals surface area contributed by atoms with E-state index in [4.69, 9.17) is 5.73 Å². The van der Waals surface area contributed by atoms with Crippen molar-refractivity contribution >= 4 is 10.0 Å². The molecule has 0 fully saturated rings. The fraction of sp³-hybridized carbons (Fsp3) is 0.250. The Morgan fingerprint density at radius 1 is 1.37 bits per heavy atom. The second kappa shape index (κ2) is 4.44. The molecule has 3 rings (SSSR count). The van der Waals surface area contributed by atoms with Crippen LogP contribution in [0.4, 0.5) is 0 Å². The molecular formula is C12H14N4O2S. The zero-order valence-electron chi connectivity index (χ0n) is 10.1. The second-order valence-electron chi connectivity index (χ2n) is 4.58. The summed E-state index contributed by atoms with van der Waals surface area (Å²) in [5.74, 6) is 0. The monoisotopic (exact) mass is 278 g/mol. The SMILES string of the molecule is NC1Cc2ccccc2C1NS(=O)(=O)c1cnc[nH]1. The molecule has 0 amide bonds. The van der Waals surface area contributed by atoms with Gasteiger partial charge in [0.25, 0.3) is 10.0 Å². The van der Waals surface area contributed by atoms with Gasteiger partial charge in [-0.25, -0.2) is 18.1 Å². The molecular weight excluding hydrogens is 264 g/mol. The lowest BCUT2D eigenvalue weighted by molar-refractivity contribution is 0.516. The minimum absolute atomic E-state index is 0.0454. The van der Waals surface area contributed by atoms with Crippen molar-refractivity contribution in [3.63, 3.8) is 0 Å². The van der Waals surface area contributed by atoms with E-state index in [-0.39, 0.29) is 11.1 Å². The number of H-pyrrole nitrogens is 1. The van der Waals surface area contributed by atoms with Gasteiger partial charge in [0.05, 0.1) is 18.6 Å². The van der Waals surface area contributed by atoms with Gasteiger partial charge < -0.3 is 10.7 Å². The Bertz CT molecular complexity index is 682. The maximum absolute atomic E-state index is 12.2. The van der Waals surface area contributed by atoms with Gasteiger partial charge in [-0.1, -0.05) is 24.3 Å². The molecule has 0 aliphatic heterocycles. The molecule has 1 aliphatic carbocycles. The van der Waals surface area contributed by atoms with E-state index < -0.39 is 16.1 Å². The Labute approximate surface area is 111 Å². The Hall–Kier alpha value is -1.70. The van der Waals surface area contributed by atoms with E-state index in [1.165, 1.54) is 12.5 Å². The Morgan fingerprint density at radius 3 is 2.89 bits per heavy atom. The van der Waals surface area contributed by atoms with Crippen LogP contribution in [0.2, 0.25) is 0 Å². The molecule has 2 atom stereocenters. The number of aromatic nitrogens is 2. The number of fused-ring (bicyclic) bond motifs is 1. The summed E-state index contributed by atoms with van der Waals surface area (Å²) in [6.45, 7) is 0. The van der Waals surface area contributed by atoms with Gasteiger partial charge in [-0.2, -0.15) is 0 Å². The molecule has 0 saturated carbocycles. The standard InChI is InChI=1S/C12H14N4O2S/c13-10-5-8-3-1-2-4-9(8)12(10)16-19(17,18)11-6-14-7-15-11/h1-4,6-7,10,12,16H,5,13H2,(H,14,15). The van der Waals surface area contributed by atoms with Gasteiger partial charge in [-0.15, -0.1) is 0 Å². The van der Waals surface area contributed by atoms with Crippen LogP contribution in [-0.4, -0.2) is 24.4 Å². The summed E-state index contributed by atoms with van der Waals surface area (Å²) in [5, 5.41) is 0.0454. The lowest BCUT2D eigenvalue weighted by Crippen LogP contribution is -2.38. The van der Waals surface area contributed by atoms with E-state index in [1.807, 2.05) is 24.3 Å². The molecule has 2 unspecified atom stereocenters. The molecule has 100 valence electrons. The Morgan fingerprint density at radius 2 is 2.16 bits per heavy atom. The molecule has 7 heteroatoms. The lowest BCUT2D eigenvalue weighted by Gasteiger charge is -2.17. The van der Waals surface area contributed by atoms with Crippen LogP contribution < -0.4 is 10.5 Å². The Balaban J connectivity index is 1.92. The highest BCUT2D eigenvalue weighted by atomic mass is 32.2. The summed E-state index contributed by atoms with van der Waals surface area (Å²) >= 11 is 0. The largest absolute Gasteiger partial charge is 0.335 e. The third-order valence-corrected chi connectivity index (χ3v) is 4.69. The van der Waals surface area contributed by atoms with Gasteiger partial charge in [-0.3, -0.25) is 0 Å². The minimum atomic E-state index is -3.62. The van der Waals surface area contributed by atoms with E-state index in [0.717, 1.165) is 11.1 Å². The van der Waals surface area contributed by atoms with Crippen LogP contribution in [0.1, 0.15) is 17.2 Å². The molecule has 1 aromatic heterocycles. The van der Waals surface area contributed by atoms with Crippen molar-refractivity contribution in [2.75, 3.05) is 0 Å². The average Bonchev–Trinajstić information content (AvgIpc) is 2.99. The summed E-state index contributed by atoms with van der Waals surface area (Å²) in [6.07, 6.45) is 3.28. The van der Waals surface area contributed by atoms with Crippen LogP contribution in [0.5, 0.6) is 0 Å². The second-order valence-corrected chi connectivity index (χ2v) is 6.26. The zero-order chi connectivity index (χ0) is 13.5. The number of hydrogen-bond acceptors (Lipinski definition) is 4. The van der Waals surface area contributed by atoms with Gasteiger partial charge in [0.2, 0.25) is 0 Å². The number of imidazole rings is 1. The molecule has 6 nitrogen and oxygen atoms in total. The predicted molar refractivity (Wildman–Crippen MR) is 69.8 cm³/mol. The molecule has 0 spiro atoms. The third-order valence-electron chi connectivity index (χ3n) is 3.32. The normalized spacial score (nSPS) is 22.4. The summed E-state index contributed by atoms with van der Waals surface area (Å²) in [6, 6.07) is 7.04. The molecule has 0 radical (unpaired) electrons. The topological polar surface area (TPSA) is 101 Å². The minimum Gasteiger partial charge on any atom is -0.335 e. The number of sulfonamides is 1. The summed E-state index contributed by atoms with van der Waals surface area (Å²) in [5.41, 5.74) is 8.07. The molecule has 1 heterocycles. The van der Waals surface area contributed by atoms with E-state index in [0.29, 0.717) is 6.42 Å². The van der Waals surface area contributed by atoms with Crippen molar-refractivity contribution in [1.29, 1.82) is 0 Å². The molecule has 4 N–H and O–H groups in total. The van der Waals surface area contributed by atoms with Crippen molar-refractivity contribution in [2.45, 2.75) is 23.5 Å². The maximum Gasteiger partial charge on any atom is 0.258 e. The van der Waals surface area contributed by atoms with Gasteiger partial charge in [-0.05, 0) is 17.5 Å². The Kier molecular flexibility index (Phi) is 2.89. The van der Waals surface area contributed by atoms with E-state index >= 15 is 0 Å². The first-order chi connectivity index (χ1) is 9.08. The smallest absolute Gasteiger partial charge is 0.258 e. The van der Waals surface area contributed by atoms with Crippen LogP contribution in [-0.2, 0) is 16.4 Å². The molecule has 0 bridgehead atoms. The van der Waals surface area contributed by atoms with Gasteiger partial charge >= 0.3 is 0 Å². The number of nitrogens with one attached hydrogen (secondary N) is 2. The molecule has 2 aromatic rings. The van der Waals surface area contributed by atoms with Crippen LogP contribution in [0.25, 0.3) is 0 Å². The molecule has 1 aromatic carbocycles. The highest BCUT2D eigenvalue weighted by Crippen LogP contribution is 2.31. The number of hydrogen-bond donors (Lipinski definition) is 3. The number of nitrogens with two attached hydrogens (primary N) is 1. The highest BCUT2D eigenvalue weighted by molar-refractivity contribution is 7.89. The lowest BCUT2D eigenvalue weighted by atomic mass is 10.1. The first-order valence-corrected chi connectivity index (χ1v) is 7.40. The fourth-order valence-corrected chi connectivity index (χ4v) is 3.57. The molecule has 0 saturated heterocycles. The van der Waals surface area contributed by atoms with Crippen LogP contribution in [0.15, 0.2) is 41.8 Å². The van der Waals surface area contributed by atoms with E-state index in [1.54, 1.807) is 0 Å². The highest BCUT2D eigenvalue weighted by Gasteiger charge is 2.33. The van der Waals surface area contributed by atoms with Crippen LogP contribution >= 0.6 is 0 Å². The van der Waals surface area contributed by atoms with Crippen molar-refractivity contribution in [2.24, 2.45) is 5.73 Å². The van der Waals surface area contributed by atoms with Gasteiger partial charge in [0.15, 0.2) is 5.03 Å². The zero-order valence-corrected chi connectivity index (χ0v) is 10.9.